The van der Waals surface area contributed by atoms with Crippen molar-refractivity contribution in [2.75, 3.05) is 12.1 Å². The van der Waals surface area contributed by atoms with E-state index in [0.717, 1.165) is 4.57 Å². The summed E-state index contributed by atoms with van der Waals surface area (Å²) in [6.45, 7) is -0.732. The number of hydrogen-bond acceptors (Lipinski definition) is 10. The Hall–Kier alpha value is -1.18. The molecule has 2 rings (SSSR count). The summed E-state index contributed by atoms with van der Waals surface area (Å²) < 4.78 is 36.2. The summed E-state index contributed by atoms with van der Waals surface area (Å²) in [4.78, 5) is 41.4. The van der Waals surface area contributed by atoms with Gasteiger partial charge in [-0.2, -0.15) is 9.29 Å². The van der Waals surface area contributed by atoms with Crippen LogP contribution in [0.2, 0.25) is 0 Å². The molecule has 1 aromatic heterocycles. The van der Waals surface area contributed by atoms with E-state index in [2.05, 4.69) is 13.8 Å². The minimum Gasteiger partial charge on any atom is -0.390 e. The van der Waals surface area contributed by atoms with Crippen molar-refractivity contribution >= 4 is 21.5 Å². The predicted molar refractivity (Wildman–Crippen MR) is 77.3 cm³/mol. The number of rotatable bonds is 7. The Kier molecular flexibility index (Phi) is 6.12. The lowest BCUT2D eigenvalue weighted by Crippen LogP contribution is -2.28. The molecule has 1 fully saturated rings. The molecule has 1 aliphatic heterocycles. The summed E-state index contributed by atoms with van der Waals surface area (Å²) in [5.74, 6) is -0.101. The molecule has 6 N–H and O–H groups in total. The van der Waals surface area contributed by atoms with Crippen LogP contribution in [0.25, 0.3) is 0 Å². The Morgan fingerprint density at radius 3 is 2.64 bits per heavy atom. The van der Waals surface area contributed by atoms with E-state index in [-0.39, 0.29) is 12.2 Å². The number of phosphoric acid groups is 2. The third-order valence-corrected chi connectivity index (χ3v) is 5.22. The molecule has 1 aromatic rings. The van der Waals surface area contributed by atoms with Crippen molar-refractivity contribution in [2.24, 2.45) is 0 Å². The van der Waals surface area contributed by atoms with Crippen LogP contribution >= 0.6 is 15.6 Å². The molecule has 14 nitrogen and oxygen atoms in total. The van der Waals surface area contributed by atoms with Gasteiger partial charge in [0.25, 0.3) is 0 Å². The van der Waals surface area contributed by atoms with Gasteiger partial charge in [0.2, 0.25) is 0 Å². The van der Waals surface area contributed by atoms with Gasteiger partial charge in [0.1, 0.15) is 12.3 Å². The number of nitrogens with zero attached hydrogens (tertiary/aromatic N) is 2. The summed E-state index contributed by atoms with van der Waals surface area (Å²) in [7, 11) is -10.3. The van der Waals surface area contributed by atoms with Crippen LogP contribution in [0.3, 0.4) is 0 Å². The molecular weight excluding hydrogens is 388 g/mol. The van der Waals surface area contributed by atoms with Gasteiger partial charge in [-0.25, -0.2) is 13.9 Å². The summed E-state index contributed by atoms with van der Waals surface area (Å²) >= 11 is 0. The Balaban J connectivity index is 2.01. The number of ether oxygens (including phenoxy) is 1. The van der Waals surface area contributed by atoms with E-state index in [1.54, 1.807) is 5.48 Å². The maximum Gasteiger partial charge on any atom is 0.481 e. The van der Waals surface area contributed by atoms with Gasteiger partial charge in [0.15, 0.2) is 5.82 Å². The van der Waals surface area contributed by atoms with Gasteiger partial charge in [-0.15, -0.1) is 0 Å². The summed E-state index contributed by atoms with van der Waals surface area (Å²) in [6, 6.07) is 1.26. The second-order valence-corrected chi connectivity index (χ2v) is 7.71. The van der Waals surface area contributed by atoms with Gasteiger partial charge < -0.3 is 24.5 Å². The average molecular weight is 403 g/mol. The minimum atomic E-state index is -5.26. The highest BCUT2D eigenvalue weighted by Gasteiger charge is 2.39. The lowest BCUT2D eigenvalue weighted by molar-refractivity contribution is -0.0449. The molecule has 25 heavy (non-hydrogen) atoms. The van der Waals surface area contributed by atoms with Gasteiger partial charge in [0, 0.05) is 12.6 Å². The van der Waals surface area contributed by atoms with Crippen molar-refractivity contribution in [1.29, 1.82) is 0 Å². The minimum absolute atomic E-state index is 0.0867. The quantitative estimate of drug-likeness (QED) is 0.237. The highest BCUT2D eigenvalue weighted by Crippen LogP contribution is 2.57. The molecule has 1 aliphatic rings. The highest BCUT2D eigenvalue weighted by molar-refractivity contribution is 7.60. The zero-order valence-electron chi connectivity index (χ0n) is 12.3. The van der Waals surface area contributed by atoms with Crippen LogP contribution in [0.1, 0.15) is 12.6 Å². The first-order chi connectivity index (χ1) is 11.5. The fourth-order valence-electron chi connectivity index (χ4n) is 2.06. The summed E-state index contributed by atoms with van der Waals surface area (Å²) in [5, 5.41) is 18.5. The standard InChI is InChI=1S/C9H15N3O11P2/c13-5-3-8(12-2-1-7(11-15)10-9(12)14)22-6(5)4-21-25(19,20)23-24(16,17)18/h1-2,5-6,8,13,15H,3-4H2,(H,19,20)(H,10,11,14)(H2,16,17,18)/t5-,6+,8+/m0/s1. The molecule has 0 aromatic carbocycles. The first-order valence-corrected chi connectivity index (χ1v) is 9.60. The van der Waals surface area contributed by atoms with Crippen molar-refractivity contribution in [3.05, 3.63) is 22.7 Å². The lowest BCUT2D eigenvalue weighted by atomic mass is 10.2. The molecular formula is C9H15N3O11P2. The maximum atomic E-state index is 11.8. The van der Waals surface area contributed by atoms with Gasteiger partial charge in [-0.05, 0) is 6.07 Å². The fourth-order valence-corrected chi connectivity index (χ4v) is 3.65. The smallest absolute Gasteiger partial charge is 0.390 e. The largest absolute Gasteiger partial charge is 0.481 e. The van der Waals surface area contributed by atoms with Crippen LogP contribution in [-0.2, 0) is 22.7 Å². The number of aromatic nitrogens is 2. The Labute approximate surface area is 139 Å². The van der Waals surface area contributed by atoms with Crippen LogP contribution in [-0.4, -0.2) is 53.4 Å². The van der Waals surface area contributed by atoms with Crippen LogP contribution < -0.4 is 11.2 Å². The molecule has 4 atom stereocenters. The van der Waals surface area contributed by atoms with Gasteiger partial charge in [-0.3, -0.25) is 19.8 Å². The number of phosphoric ester groups is 1. The fraction of sp³-hybridized carbons (Fsp3) is 0.556. The second kappa shape index (κ2) is 7.60. The molecule has 142 valence electrons. The van der Waals surface area contributed by atoms with Crippen LogP contribution in [0.15, 0.2) is 17.1 Å². The molecule has 0 spiro atoms. The number of aliphatic hydroxyl groups excluding tert-OH is 1. The SMILES string of the molecule is O=c1nc(NO)ccn1[C@H]1C[C@H](O)[C@@H](COP(=O)(O)OP(=O)(O)O)O1. The zero-order chi connectivity index (χ0) is 18.8. The topological polar surface area (TPSA) is 210 Å². The van der Waals surface area contributed by atoms with Gasteiger partial charge in [0.05, 0.1) is 12.7 Å². The lowest BCUT2D eigenvalue weighted by Gasteiger charge is -2.18. The van der Waals surface area contributed by atoms with E-state index in [9.17, 15) is 19.0 Å². The van der Waals surface area contributed by atoms with Gasteiger partial charge in [-0.1, -0.05) is 0 Å². The molecule has 0 radical (unpaired) electrons. The third kappa shape index (κ3) is 5.66. The average Bonchev–Trinajstić information content (AvgIpc) is 2.83. The molecule has 1 saturated heterocycles. The van der Waals surface area contributed by atoms with E-state index in [1.807, 2.05) is 0 Å². The Bertz CT molecular complexity index is 763. The number of anilines is 1. The van der Waals surface area contributed by atoms with Crippen molar-refractivity contribution in [3.8, 4) is 0 Å². The monoisotopic (exact) mass is 403 g/mol. The maximum absolute atomic E-state index is 11.8. The Morgan fingerprint density at radius 2 is 2.08 bits per heavy atom. The zero-order valence-corrected chi connectivity index (χ0v) is 14.1. The molecule has 16 heteroatoms. The van der Waals surface area contributed by atoms with Crippen molar-refractivity contribution in [3.63, 3.8) is 0 Å². The second-order valence-electron chi connectivity index (χ2n) is 4.88. The molecule has 0 amide bonds. The highest BCUT2D eigenvalue weighted by atomic mass is 31.3. The first kappa shape index (κ1) is 20.1. The Morgan fingerprint density at radius 1 is 1.40 bits per heavy atom. The third-order valence-electron chi connectivity index (χ3n) is 3.07. The van der Waals surface area contributed by atoms with Crippen LogP contribution in [0, 0.1) is 0 Å². The summed E-state index contributed by atoms with van der Waals surface area (Å²) in [6.07, 6.45) is -2.20. The first-order valence-electron chi connectivity index (χ1n) is 6.58. The molecule has 0 aliphatic carbocycles. The number of aliphatic hydroxyl groups is 1. The van der Waals surface area contributed by atoms with Crippen molar-refractivity contribution in [2.45, 2.75) is 24.9 Å². The van der Waals surface area contributed by atoms with Gasteiger partial charge >= 0.3 is 21.3 Å². The van der Waals surface area contributed by atoms with Crippen molar-refractivity contribution in [1.82, 2.24) is 9.55 Å². The van der Waals surface area contributed by atoms with Crippen LogP contribution in [0.5, 0.6) is 0 Å². The number of hydrogen-bond donors (Lipinski definition) is 6. The van der Waals surface area contributed by atoms with E-state index >= 15 is 0 Å². The van der Waals surface area contributed by atoms with Crippen molar-refractivity contribution < 1.29 is 47.7 Å². The predicted octanol–water partition coefficient (Wildman–Crippen LogP) is -1.08. The van der Waals surface area contributed by atoms with E-state index in [0.29, 0.717) is 0 Å². The molecule has 0 bridgehead atoms. The molecule has 0 saturated carbocycles. The normalized spacial score (nSPS) is 26.4. The summed E-state index contributed by atoms with van der Waals surface area (Å²) in [5.41, 5.74) is 0.892. The van der Waals surface area contributed by atoms with E-state index < -0.39 is 46.4 Å². The molecule has 2 heterocycles. The van der Waals surface area contributed by atoms with Crippen LogP contribution in [0.4, 0.5) is 5.82 Å². The van der Waals surface area contributed by atoms with E-state index in [4.69, 9.17) is 24.6 Å². The van der Waals surface area contributed by atoms with E-state index in [1.165, 1.54) is 12.3 Å². The number of nitrogens with one attached hydrogen (secondary N) is 1. The molecule has 1 unspecified atom stereocenters.